The molecule has 1 heterocycles. The Labute approximate surface area is 161 Å². The molecule has 136 valence electrons. The first kappa shape index (κ1) is 18.5. The molecule has 0 unspecified atom stereocenters. The number of benzene rings is 2. The lowest BCUT2D eigenvalue weighted by molar-refractivity contribution is -0.113. The van der Waals surface area contributed by atoms with E-state index in [0.717, 1.165) is 4.90 Å². The maximum atomic E-state index is 12.8. The van der Waals surface area contributed by atoms with Crippen molar-refractivity contribution in [3.8, 4) is 0 Å². The van der Waals surface area contributed by atoms with Gasteiger partial charge in [-0.3, -0.25) is 9.59 Å². The van der Waals surface area contributed by atoms with Crippen LogP contribution < -0.4 is 10.6 Å². The van der Waals surface area contributed by atoms with Crippen LogP contribution in [0, 0.1) is 0 Å². The minimum atomic E-state index is -0.436. The van der Waals surface area contributed by atoms with Crippen LogP contribution in [0.2, 0.25) is 0 Å². The molecule has 0 aliphatic heterocycles. The van der Waals surface area contributed by atoms with Crippen LogP contribution in [-0.4, -0.2) is 18.1 Å². The predicted octanol–water partition coefficient (Wildman–Crippen LogP) is 4.41. The van der Waals surface area contributed by atoms with E-state index in [9.17, 15) is 9.59 Å². The predicted molar refractivity (Wildman–Crippen MR) is 107 cm³/mol. The highest BCUT2D eigenvalue weighted by Crippen LogP contribution is 2.19. The Morgan fingerprint density at radius 2 is 1.81 bits per heavy atom. The average Bonchev–Trinajstić information content (AvgIpc) is 3.21. The van der Waals surface area contributed by atoms with Gasteiger partial charge in [-0.2, -0.15) is 0 Å². The smallest absolute Gasteiger partial charge is 0.272 e. The molecule has 0 saturated heterocycles. The quantitative estimate of drug-likeness (QED) is 0.492. The van der Waals surface area contributed by atoms with Crippen molar-refractivity contribution in [2.24, 2.45) is 0 Å². The summed E-state index contributed by atoms with van der Waals surface area (Å²) in [7, 11) is 0. The molecule has 5 nitrogen and oxygen atoms in total. The molecule has 0 aliphatic carbocycles. The zero-order valence-corrected chi connectivity index (χ0v) is 15.5. The molecule has 6 heteroatoms. The highest BCUT2D eigenvalue weighted by atomic mass is 32.2. The van der Waals surface area contributed by atoms with Gasteiger partial charge in [0.1, 0.15) is 11.5 Å². The van der Waals surface area contributed by atoms with Gasteiger partial charge >= 0.3 is 0 Å². The number of anilines is 1. The van der Waals surface area contributed by atoms with Crippen molar-refractivity contribution >= 4 is 35.3 Å². The molecular formula is C21H18N2O3S. The Bertz CT molecular complexity index is 951. The lowest BCUT2D eigenvalue weighted by atomic mass is 10.2. The fraction of sp³-hybridized carbons (Fsp3) is 0.0476. The number of amides is 2. The van der Waals surface area contributed by atoms with Gasteiger partial charge in [-0.25, -0.2) is 0 Å². The molecule has 0 saturated carbocycles. The van der Waals surface area contributed by atoms with Crippen LogP contribution in [0.5, 0.6) is 0 Å². The normalized spacial score (nSPS) is 11.1. The van der Waals surface area contributed by atoms with Gasteiger partial charge in [0.25, 0.3) is 11.8 Å². The van der Waals surface area contributed by atoms with Crippen molar-refractivity contribution in [3.05, 3.63) is 90.0 Å². The standard InChI is InChI=1S/C21H18N2O3S/c1-27-18-11-5-9-16(13-18)22-21(25)19(14-17-10-6-12-26-17)23-20(24)15-7-3-2-4-8-15/h2-14H,1H3,(H,22,25)(H,23,24)/b19-14+. The molecule has 3 rings (SSSR count). The molecule has 0 aliphatic rings. The summed E-state index contributed by atoms with van der Waals surface area (Å²) < 4.78 is 5.28. The Hall–Kier alpha value is -3.25. The zero-order chi connectivity index (χ0) is 19.1. The highest BCUT2D eigenvalue weighted by molar-refractivity contribution is 7.98. The van der Waals surface area contributed by atoms with E-state index in [-0.39, 0.29) is 11.6 Å². The van der Waals surface area contributed by atoms with E-state index >= 15 is 0 Å². The molecule has 27 heavy (non-hydrogen) atoms. The molecule has 0 radical (unpaired) electrons. The third-order valence-corrected chi connectivity index (χ3v) is 4.41. The summed E-state index contributed by atoms with van der Waals surface area (Å²) in [6.45, 7) is 0. The average molecular weight is 378 g/mol. The number of hydrogen-bond donors (Lipinski definition) is 2. The van der Waals surface area contributed by atoms with Crippen LogP contribution in [0.15, 0.2) is 88.0 Å². The molecule has 0 atom stereocenters. The number of carbonyl (C=O) groups is 2. The Kier molecular flexibility index (Phi) is 6.12. The largest absolute Gasteiger partial charge is 0.465 e. The molecular weight excluding hydrogens is 360 g/mol. The summed E-state index contributed by atoms with van der Waals surface area (Å²) in [6.07, 6.45) is 4.96. The second-order valence-corrected chi connectivity index (χ2v) is 6.46. The first-order chi connectivity index (χ1) is 13.2. The number of hydrogen-bond acceptors (Lipinski definition) is 4. The van der Waals surface area contributed by atoms with E-state index in [1.165, 1.54) is 12.3 Å². The highest BCUT2D eigenvalue weighted by Gasteiger charge is 2.15. The molecule has 1 aromatic heterocycles. The van der Waals surface area contributed by atoms with Gasteiger partial charge in [0, 0.05) is 22.2 Å². The maximum absolute atomic E-state index is 12.8. The summed E-state index contributed by atoms with van der Waals surface area (Å²) >= 11 is 1.58. The second-order valence-electron chi connectivity index (χ2n) is 5.58. The maximum Gasteiger partial charge on any atom is 0.272 e. The van der Waals surface area contributed by atoms with Crippen LogP contribution in [0.25, 0.3) is 6.08 Å². The van der Waals surface area contributed by atoms with Gasteiger partial charge in [0.15, 0.2) is 0 Å². The van der Waals surface area contributed by atoms with Crippen molar-refractivity contribution < 1.29 is 14.0 Å². The van der Waals surface area contributed by atoms with E-state index in [1.807, 2.05) is 30.5 Å². The van der Waals surface area contributed by atoms with Crippen LogP contribution in [0.3, 0.4) is 0 Å². The molecule has 0 spiro atoms. The van der Waals surface area contributed by atoms with Gasteiger partial charge in [0.2, 0.25) is 0 Å². The van der Waals surface area contributed by atoms with Gasteiger partial charge in [-0.1, -0.05) is 24.3 Å². The Balaban J connectivity index is 1.83. The van der Waals surface area contributed by atoms with Crippen molar-refractivity contribution in [2.45, 2.75) is 4.90 Å². The van der Waals surface area contributed by atoms with Crippen molar-refractivity contribution in [1.82, 2.24) is 5.32 Å². The molecule has 0 bridgehead atoms. The lowest BCUT2D eigenvalue weighted by Crippen LogP contribution is -2.30. The van der Waals surface area contributed by atoms with E-state index < -0.39 is 5.91 Å². The van der Waals surface area contributed by atoms with E-state index in [0.29, 0.717) is 17.0 Å². The third-order valence-electron chi connectivity index (χ3n) is 3.69. The number of carbonyl (C=O) groups excluding carboxylic acids is 2. The Morgan fingerprint density at radius 1 is 1.00 bits per heavy atom. The summed E-state index contributed by atoms with van der Waals surface area (Å²) in [5.41, 5.74) is 1.19. The molecule has 2 aromatic carbocycles. The number of nitrogens with one attached hydrogen (secondary N) is 2. The number of furan rings is 1. The van der Waals surface area contributed by atoms with Crippen LogP contribution in [0.4, 0.5) is 5.69 Å². The van der Waals surface area contributed by atoms with Gasteiger partial charge in [0.05, 0.1) is 6.26 Å². The first-order valence-corrected chi connectivity index (χ1v) is 9.45. The van der Waals surface area contributed by atoms with Crippen LogP contribution >= 0.6 is 11.8 Å². The SMILES string of the molecule is CSc1cccc(NC(=O)/C(=C\c2ccco2)NC(=O)c2ccccc2)c1. The third kappa shape index (κ3) is 5.12. The van der Waals surface area contributed by atoms with E-state index in [2.05, 4.69) is 10.6 Å². The topological polar surface area (TPSA) is 71.3 Å². The van der Waals surface area contributed by atoms with Crippen LogP contribution in [0.1, 0.15) is 16.1 Å². The van der Waals surface area contributed by atoms with Crippen molar-refractivity contribution in [2.75, 3.05) is 11.6 Å². The first-order valence-electron chi connectivity index (χ1n) is 8.23. The van der Waals surface area contributed by atoms with Crippen molar-refractivity contribution in [3.63, 3.8) is 0 Å². The summed E-state index contributed by atoms with van der Waals surface area (Å²) in [5.74, 6) is -0.346. The molecule has 0 fully saturated rings. The number of thioether (sulfide) groups is 1. The molecule has 2 N–H and O–H groups in total. The monoisotopic (exact) mass is 378 g/mol. The molecule has 3 aromatic rings. The van der Waals surface area contributed by atoms with Crippen LogP contribution in [-0.2, 0) is 4.79 Å². The van der Waals surface area contributed by atoms with E-state index in [1.54, 1.807) is 54.2 Å². The number of rotatable bonds is 6. The fourth-order valence-electron chi connectivity index (χ4n) is 2.36. The summed E-state index contributed by atoms with van der Waals surface area (Å²) in [4.78, 5) is 26.3. The lowest BCUT2D eigenvalue weighted by Gasteiger charge is -2.11. The van der Waals surface area contributed by atoms with Crippen molar-refractivity contribution in [1.29, 1.82) is 0 Å². The van der Waals surface area contributed by atoms with Gasteiger partial charge in [-0.05, 0) is 48.7 Å². The van der Waals surface area contributed by atoms with Gasteiger partial charge < -0.3 is 15.1 Å². The van der Waals surface area contributed by atoms with Gasteiger partial charge in [-0.15, -0.1) is 11.8 Å². The fourth-order valence-corrected chi connectivity index (χ4v) is 2.82. The minimum Gasteiger partial charge on any atom is -0.465 e. The minimum absolute atomic E-state index is 0.0911. The second kappa shape index (κ2) is 8.91. The Morgan fingerprint density at radius 3 is 2.52 bits per heavy atom. The summed E-state index contributed by atoms with van der Waals surface area (Å²) in [6, 6.07) is 19.6. The summed E-state index contributed by atoms with van der Waals surface area (Å²) in [5, 5.41) is 5.47. The molecule has 2 amide bonds. The van der Waals surface area contributed by atoms with E-state index in [4.69, 9.17) is 4.42 Å². The zero-order valence-electron chi connectivity index (χ0n) is 14.6.